The highest BCUT2D eigenvalue weighted by atomic mass is 79.9. The summed E-state index contributed by atoms with van der Waals surface area (Å²) in [4.78, 5) is 15.5. The zero-order valence-electron chi connectivity index (χ0n) is 8.30. The molecule has 0 fully saturated rings. The molecule has 2 rings (SSSR count). The van der Waals surface area contributed by atoms with Gasteiger partial charge in [-0.05, 0) is 6.07 Å². The third-order valence-electron chi connectivity index (χ3n) is 2.32. The van der Waals surface area contributed by atoms with E-state index in [1.807, 2.05) is 0 Å². The van der Waals surface area contributed by atoms with E-state index in [1.165, 1.54) is 6.07 Å². The molecular formula is C10H9BrN2O3. The molecule has 1 aliphatic heterocycles. The third-order valence-corrected chi connectivity index (χ3v) is 3.04. The van der Waals surface area contributed by atoms with Crippen molar-refractivity contribution in [2.75, 3.05) is 5.33 Å². The Balaban J connectivity index is 2.31. The van der Waals surface area contributed by atoms with Crippen molar-refractivity contribution < 1.29 is 9.76 Å². The van der Waals surface area contributed by atoms with Gasteiger partial charge in [0.25, 0.3) is 5.69 Å². The van der Waals surface area contributed by atoms with Gasteiger partial charge in [-0.15, -0.1) is 0 Å². The van der Waals surface area contributed by atoms with Crippen LogP contribution in [-0.4, -0.2) is 22.1 Å². The van der Waals surface area contributed by atoms with Crippen molar-refractivity contribution >= 4 is 27.3 Å². The van der Waals surface area contributed by atoms with E-state index in [4.69, 9.17) is 4.84 Å². The van der Waals surface area contributed by atoms with Gasteiger partial charge in [0.2, 0.25) is 0 Å². The van der Waals surface area contributed by atoms with Crippen LogP contribution in [-0.2, 0) is 4.84 Å². The fourth-order valence-corrected chi connectivity index (χ4v) is 1.89. The number of nitrogens with zero attached hydrogens (tertiary/aromatic N) is 2. The maximum Gasteiger partial charge on any atom is 0.278 e. The Morgan fingerprint density at radius 2 is 2.31 bits per heavy atom. The van der Waals surface area contributed by atoms with E-state index >= 15 is 0 Å². The Hall–Kier alpha value is -1.43. The van der Waals surface area contributed by atoms with Crippen molar-refractivity contribution in [1.82, 2.24) is 0 Å². The van der Waals surface area contributed by atoms with Crippen LogP contribution in [0.15, 0.2) is 29.4 Å². The average molecular weight is 285 g/mol. The van der Waals surface area contributed by atoms with Gasteiger partial charge in [-0.1, -0.05) is 33.2 Å². The van der Waals surface area contributed by atoms with Crippen LogP contribution in [0.4, 0.5) is 5.69 Å². The minimum absolute atomic E-state index is 0.0326. The summed E-state index contributed by atoms with van der Waals surface area (Å²) in [5.41, 5.74) is 1.24. The van der Waals surface area contributed by atoms with E-state index in [9.17, 15) is 10.1 Å². The normalized spacial score (nSPS) is 19.1. The van der Waals surface area contributed by atoms with Gasteiger partial charge >= 0.3 is 0 Å². The van der Waals surface area contributed by atoms with Crippen LogP contribution in [0.1, 0.15) is 12.0 Å². The molecule has 0 bridgehead atoms. The second kappa shape index (κ2) is 4.61. The minimum atomic E-state index is -0.403. The van der Waals surface area contributed by atoms with Gasteiger partial charge in [0.05, 0.1) is 16.2 Å². The Morgan fingerprint density at radius 1 is 1.56 bits per heavy atom. The number of oxime groups is 1. The van der Waals surface area contributed by atoms with Crippen molar-refractivity contribution in [2.45, 2.75) is 12.5 Å². The first-order valence-electron chi connectivity index (χ1n) is 4.75. The molecule has 0 unspecified atom stereocenters. The Kier molecular flexibility index (Phi) is 3.19. The molecule has 1 aliphatic rings. The summed E-state index contributed by atoms with van der Waals surface area (Å²) in [7, 11) is 0. The number of rotatable bonds is 3. The molecule has 1 aromatic rings. The molecule has 16 heavy (non-hydrogen) atoms. The van der Waals surface area contributed by atoms with Gasteiger partial charge in [0, 0.05) is 17.8 Å². The largest absolute Gasteiger partial charge is 0.391 e. The highest BCUT2D eigenvalue weighted by molar-refractivity contribution is 9.09. The number of halogens is 1. The Bertz CT molecular complexity index is 447. The number of nitro benzene ring substituents is 1. The lowest BCUT2D eigenvalue weighted by Crippen LogP contribution is -2.10. The standard InChI is InChI=1S/C10H9BrN2O3/c11-6-7-5-9(12-16-7)8-3-1-2-4-10(8)13(14)15/h1-4,7H,5-6H2/t7-/m0/s1. The topological polar surface area (TPSA) is 64.7 Å². The third kappa shape index (κ3) is 2.06. The number of benzene rings is 1. The predicted octanol–water partition coefficient (Wildman–Crippen LogP) is 2.48. The van der Waals surface area contributed by atoms with E-state index in [2.05, 4.69) is 21.1 Å². The molecule has 0 spiro atoms. The van der Waals surface area contributed by atoms with E-state index in [1.54, 1.807) is 18.2 Å². The van der Waals surface area contributed by atoms with Crippen LogP contribution >= 0.6 is 15.9 Å². The molecule has 0 radical (unpaired) electrons. The predicted molar refractivity (Wildman–Crippen MR) is 62.9 cm³/mol. The van der Waals surface area contributed by atoms with Gasteiger partial charge in [0.1, 0.15) is 6.10 Å². The molecule has 5 nitrogen and oxygen atoms in total. The van der Waals surface area contributed by atoms with Crippen molar-refractivity contribution in [3.05, 3.63) is 39.9 Å². The lowest BCUT2D eigenvalue weighted by Gasteiger charge is -2.02. The number of hydrogen-bond acceptors (Lipinski definition) is 4. The second-order valence-electron chi connectivity index (χ2n) is 3.40. The fourth-order valence-electron chi connectivity index (χ4n) is 1.55. The zero-order valence-corrected chi connectivity index (χ0v) is 9.88. The lowest BCUT2D eigenvalue weighted by molar-refractivity contribution is -0.385. The fraction of sp³-hybridized carbons (Fsp3) is 0.300. The van der Waals surface area contributed by atoms with Crippen LogP contribution in [0.5, 0.6) is 0 Å². The van der Waals surface area contributed by atoms with E-state index in [0.29, 0.717) is 23.0 Å². The minimum Gasteiger partial charge on any atom is -0.391 e. The van der Waals surface area contributed by atoms with E-state index in [0.717, 1.165) is 0 Å². The first-order valence-corrected chi connectivity index (χ1v) is 5.87. The summed E-state index contributed by atoms with van der Waals surface area (Å²) in [5.74, 6) is 0. The molecule has 1 aromatic carbocycles. The number of hydrogen-bond donors (Lipinski definition) is 0. The Labute approximate surface area is 100 Å². The quantitative estimate of drug-likeness (QED) is 0.487. The lowest BCUT2D eigenvalue weighted by atomic mass is 10.0. The molecule has 0 N–H and O–H groups in total. The summed E-state index contributed by atoms with van der Waals surface area (Å²) in [6.07, 6.45) is 0.561. The van der Waals surface area contributed by atoms with Crippen LogP contribution in [0.3, 0.4) is 0 Å². The Morgan fingerprint density at radius 3 is 2.94 bits per heavy atom. The molecule has 0 saturated carbocycles. The van der Waals surface area contributed by atoms with Gasteiger partial charge in [0.15, 0.2) is 0 Å². The smallest absolute Gasteiger partial charge is 0.278 e. The summed E-state index contributed by atoms with van der Waals surface area (Å²) < 4.78 is 0. The van der Waals surface area contributed by atoms with Crippen molar-refractivity contribution in [3.8, 4) is 0 Å². The monoisotopic (exact) mass is 284 g/mol. The molecular weight excluding hydrogens is 276 g/mol. The van der Waals surface area contributed by atoms with E-state index in [-0.39, 0.29) is 11.8 Å². The molecule has 0 saturated heterocycles. The second-order valence-corrected chi connectivity index (χ2v) is 4.05. The first kappa shape index (κ1) is 11.1. The summed E-state index contributed by atoms with van der Waals surface area (Å²) in [6.45, 7) is 0. The molecule has 1 heterocycles. The van der Waals surface area contributed by atoms with Crippen molar-refractivity contribution in [1.29, 1.82) is 0 Å². The van der Waals surface area contributed by atoms with Crippen LogP contribution in [0.25, 0.3) is 0 Å². The molecule has 1 atom stereocenters. The maximum absolute atomic E-state index is 10.8. The molecule has 0 amide bonds. The highest BCUT2D eigenvalue weighted by Crippen LogP contribution is 2.24. The highest BCUT2D eigenvalue weighted by Gasteiger charge is 2.26. The molecule has 0 aromatic heterocycles. The van der Waals surface area contributed by atoms with Gasteiger partial charge < -0.3 is 4.84 Å². The van der Waals surface area contributed by atoms with Crippen LogP contribution in [0, 0.1) is 10.1 Å². The summed E-state index contributed by atoms with van der Waals surface area (Å²) in [6, 6.07) is 6.56. The number of para-hydroxylation sites is 1. The van der Waals surface area contributed by atoms with Crippen LogP contribution in [0.2, 0.25) is 0 Å². The zero-order chi connectivity index (χ0) is 11.5. The van der Waals surface area contributed by atoms with E-state index < -0.39 is 4.92 Å². The molecule has 6 heteroatoms. The van der Waals surface area contributed by atoms with Crippen molar-refractivity contribution in [2.24, 2.45) is 5.16 Å². The summed E-state index contributed by atoms with van der Waals surface area (Å²) in [5, 5.41) is 15.4. The SMILES string of the molecule is O=[N+]([O-])c1ccccc1C1=NO[C@H](CBr)C1. The van der Waals surface area contributed by atoms with Gasteiger partial charge in [-0.25, -0.2) is 0 Å². The number of nitro groups is 1. The van der Waals surface area contributed by atoms with Gasteiger partial charge in [-0.3, -0.25) is 10.1 Å². The molecule has 0 aliphatic carbocycles. The summed E-state index contributed by atoms with van der Waals surface area (Å²) >= 11 is 3.29. The number of alkyl halides is 1. The van der Waals surface area contributed by atoms with Crippen molar-refractivity contribution in [3.63, 3.8) is 0 Å². The van der Waals surface area contributed by atoms with Crippen LogP contribution < -0.4 is 0 Å². The van der Waals surface area contributed by atoms with Gasteiger partial charge in [-0.2, -0.15) is 0 Å². The first-order chi connectivity index (χ1) is 7.72. The maximum atomic E-state index is 10.8. The average Bonchev–Trinajstić information content (AvgIpc) is 2.77. The molecule has 84 valence electrons.